The lowest BCUT2D eigenvalue weighted by atomic mass is 10.0. The van der Waals surface area contributed by atoms with Gasteiger partial charge in [-0.15, -0.1) is 0 Å². The number of benzene rings is 2. The lowest BCUT2D eigenvalue weighted by Crippen LogP contribution is -1.96. The van der Waals surface area contributed by atoms with Crippen LogP contribution < -0.4 is 0 Å². The molecular formula is C17H17FN2S. The van der Waals surface area contributed by atoms with E-state index in [2.05, 4.69) is 43.1 Å². The zero-order chi connectivity index (χ0) is 15.1. The van der Waals surface area contributed by atoms with Crippen LogP contribution in [0.25, 0.3) is 16.7 Å². The number of rotatable bonds is 2. The number of imidazole rings is 1. The normalized spacial score (nSPS) is 11.5. The predicted molar refractivity (Wildman–Crippen MR) is 87.2 cm³/mol. The molecule has 0 aliphatic rings. The Morgan fingerprint density at radius 3 is 2.43 bits per heavy atom. The fourth-order valence-electron chi connectivity index (χ4n) is 2.50. The van der Waals surface area contributed by atoms with Gasteiger partial charge in [-0.3, -0.25) is 4.57 Å². The minimum absolute atomic E-state index is 0.221. The molecule has 0 amide bonds. The van der Waals surface area contributed by atoms with Crippen LogP contribution >= 0.6 is 12.2 Å². The van der Waals surface area contributed by atoms with Crippen LogP contribution in [-0.4, -0.2) is 9.55 Å². The van der Waals surface area contributed by atoms with Gasteiger partial charge in [0, 0.05) is 5.69 Å². The number of aromatic amines is 1. The Hall–Kier alpha value is -1.94. The van der Waals surface area contributed by atoms with Crippen LogP contribution in [0.3, 0.4) is 0 Å². The van der Waals surface area contributed by atoms with Crippen molar-refractivity contribution in [3.63, 3.8) is 0 Å². The van der Waals surface area contributed by atoms with Crippen LogP contribution in [0.15, 0.2) is 36.4 Å². The lowest BCUT2D eigenvalue weighted by molar-refractivity contribution is 0.620. The third kappa shape index (κ3) is 2.40. The lowest BCUT2D eigenvalue weighted by Gasteiger charge is -2.09. The molecule has 0 atom stereocenters. The Kier molecular flexibility index (Phi) is 3.41. The number of nitrogens with zero attached hydrogens (tertiary/aromatic N) is 1. The molecule has 0 aliphatic heterocycles. The van der Waals surface area contributed by atoms with Gasteiger partial charge in [-0.25, -0.2) is 4.39 Å². The quantitative estimate of drug-likeness (QED) is 0.640. The van der Waals surface area contributed by atoms with Crippen molar-refractivity contribution < 1.29 is 4.39 Å². The molecule has 0 radical (unpaired) electrons. The van der Waals surface area contributed by atoms with Crippen molar-refractivity contribution in [2.24, 2.45) is 0 Å². The number of halogens is 1. The van der Waals surface area contributed by atoms with Gasteiger partial charge in [-0.1, -0.05) is 26.0 Å². The van der Waals surface area contributed by atoms with Gasteiger partial charge >= 0.3 is 0 Å². The van der Waals surface area contributed by atoms with Crippen molar-refractivity contribution in [3.8, 4) is 5.69 Å². The van der Waals surface area contributed by atoms with E-state index in [1.165, 1.54) is 11.6 Å². The average molecular weight is 300 g/mol. The second kappa shape index (κ2) is 5.11. The van der Waals surface area contributed by atoms with Crippen molar-refractivity contribution in [1.82, 2.24) is 9.55 Å². The second-order valence-corrected chi connectivity index (χ2v) is 6.02. The number of H-pyrrole nitrogens is 1. The molecule has 0 aliphatic carbocycles. The van der Waals surface area contributed by atoms with Gasteiger partial charge in [0.05, 0.1) is 11.0 Å². The summed E-state index contributed by atoms with van der Waals surface area (Å²) in [6.45, 7) is 6.09. The summed E-state index contributed by atoms with van der Waals surface area (Å²) >= 11 is 5.39. The number of nitrogens with one attached hydrogen (secondary N) is 1. The van der Waals surface area contributed by atoms with E-state index in [0.717, 1.165) is 16.7 Å². The first-order chi connectivity index (χ1) is 9.97. The van der Waals surface area contributed by atoms with E-state index in [4.69, 9.17) is 12.2 Å². The van der Waals surface area contributed by atoms with Crippen LogP contribution in [0.1, 0.15) is 30.9 Å². The smallest absolute Gasteiger partial charge is 0.182 e. The van der Waals surface area contributed by atoms with Gasteiger partial charge in [0.2, 0.25) is 0 Å². The minimum atomic E-state index is -0.221. The highest BCUT2D eigenvalue weighted by molar-refractivity contribution is 7.71. The number of fused-ring (bicyclic) bond motifs is 1. The molecule has 2 nitrogen and oxygen atoms in total. The first-order valence-corrected chi connectivity index (χ1v) is 7.39. The zero-order valence-corrected chi connectivity index (χ0v) is 13.1. The highest BCUT2D eigenvalue weighted by atomic mass is 32.1. The summed E-state index contributed by atoms with van der Waals surface area (Å²) < 4.78 is 16.2. The Bertz CT molecular complexity index is 857. The monoisotopic (exact) mass is 300 g/mol. The fraction of sp³-hybridized carbons (Fsp3) is 0.235. The van der Waals surface area contributed by atoms with Gasteiger partial charge in [-0.2, -0.15) is 0 Å². The molecule has 0 fully saturated rings. The molecule has 1 aromatic heterocycles. The molecule has 0 saturated carbocycles. The van der Waals surface area contributed by atoms with Gasteiger partial charge in [0.25, 0.3) is 0 Å². The van der Waals surface area contributed by atoms with E-state index in [-0.39, 0.29) is 5.82 Å². The van der Waals surface area contributed by atoms with Gasteiger partial charge < -0.3 is 4.98 Å². The van der Waals surface area contributed by atoms with Crippen LogP contribution in [-0.2, 0) is 0 Å². The molecule has 4 heteroatoms. The third-order valence-electron chi connectivity index (χ3n) is 3.78. The first kappa shape index (κ1) is 14.0. The van der Waals surface area contributed by atoms with E-state index >= 15 is 0 Å². The Morgan fingerprint density at radius 1 is 1.14 bits per heavy atom. The standard InChI is InChI=1S/C17H17FN2S/c1-10(2)12-4-6-13(7-5-12)20-16-8-11(3)14(18)9-15(16)19-17(20)21/h4-10H,1-3H3,(H,19,21). The van der Waals surface area contributed by atoms with E-state index in [0.29, 0.717) is 16.3 Å². The molecular weight excluding hydrogens is 283 g/mol. The number of hydrogen-bond acceptors (Lipinski definition) is 1. The maximum atomic E-state index is 13.7. The SMILES string of the molecule is Cc1cc2c(cc1F)[nH]c(=S)n2-c1ccc(C(C)C)cc1. The number of aryl methyl sites for hydroxylation is 1. The van der Waals surface area contributed by atoms with Crippen molar-refractivity contribution in [3.05, 3.63) is 58.1 Å². The molecule has 0 spiro atoms. The van der Waals surface area contributed by atoms with Crippen molar-refractivity contribution >= 4 is 23.3 Å². The Morgan fingerprint density at radius 2 is 1.81 bits per heavy atom. The number of hydrogen-bond donors (Lipinski definition) is 1. The Balaban J connectivity index is 2.22. The summed E-state index contributed by atoms with van der Waals surface area (Å²) in [5.41, 5.74) is 4.50. The van der Waals surface area contributed by atoms with E-state index in [1.807, 2.05) is 10.6 Å². The number of aromatic nitrogens is 2. The third-order valence-corrected chi connectivity index (χ3v) is 4.07. The van der Waals surface area contributed by atoms with E-state index in [9.17, 15) is 4.39 Å². The molecule has 21 heavy (non-hydrogen) atoms. The summed E-state index contributed by atoms with van der Waals surface area (Å²) in [7, 11) is 0. The summed E-state index contributed by atoms with van der Waals surface area (Å²) in [4.78, 5) is 3.07. The Labute approximate surface area is 128 Å². The predicted octanol–water partition coefficient (Wildman–Crippen LogP) is 5.26. The molecule has 3 rings (SSSR count). The summed E-state index contributed by atoms with van der Waals surface area (Å²) in [5, 5.41) is 0. The average Bonchev–Trinajstić information content (AvgIpc) is 2.75. The fourth-order valence-corrected chi connectivity index (χ4v) is 2.81. The molecule has 1 heterocycles. The second-order valence-electron chi connectivity index (χ2n) is 5.63. The highest BCUT2D eigenvalue weighted by Gasteiger charge is 2.10. The van der Waals surface area contributed by atoms with Gasteiger partial charge in [0.1, 0.15) is 5.82 Å². The van der Waals surface area contributed by atoms with Crippen LogP contribution in [0.4, 0.5) is 4.39 Å². The molecule has 0 unspecified atom stereocenters. The minimum Gasteiger partial charge on any atom is -0.330 e. The van der Waals surface area contributed by atoms with Crippen LogP contribution in [0.2, 0.25) is 0 Å². The summed E-state index contributed by atoms with van der Waals surface area (Å²) in [5.74, 6) is 0.271. The topological polar surface area (TPSA) is 20.7 Å². The molecule has 1 N–H and O–H groups in total. The molecule has 108 valence electrons. The molecule has 0 bridgehead atoms. The maximum Gasteiger partial charge on any atom is 0.182 e. The highest BCUT2D eigenvalue weighted by Crippen LogP contribution is 2.24. The first-order valence-electron chi connectivity index (χ1n) is 6.98. The van der Waals surface area contributed by atoms with Gasteiger partial charge in [0.15, 0.2) is 4.77 Å². The van der Waals surface area contributed by atoms with Gasteiger partial charge in [-0.05, 0) is 60.5 Å². The summed E-state index contributed by atoms with van der Waals surface area (Å²) in [6.07, 6.45) is 0. The van der Waals surface area contributed by atoms with E-state index < -0.39 is 0 Å². The van der Waals surface area contributed by atoms with Crippen molar-refractivity contribution in [2.45, 2.75) is 26.7 Å². The largest absolute Gasteiger partial charge is 0.330 e. The molecule has 3 aromatic rings. The zero-order valence-electron chi connectivity index (χ0n) is 12.3. The van der Waals surface area contributed by atoms with E-state index in [1.54, 1.807) is 6.92 Å². The van der Waals surface area contributed by atoms with Crippen molar-refractivity contribution in [2.75, 3.05) is 0 Å². The van der Waals surface area contributed by atoms with Crippen molar-refractivity contribution in [1.29, 1.82) is 0 Å². The summed E-state index contributed by atoms with van der Waals surface area (Å²) in [6, 6.07) is 11.6. The maximum absolute atomic E-state index is 13.7. The molecule has 2 aromatic carbocycles. The van der Waals surface area contributed by atoms with Crippen LogP contribution in [0, 0.1) is 17.5 Å². The van der Waals surface area contributed by atoms with Crippen LogP contribution in [0.5, 0.6) is 0 Å². The molecule has 0 saturated heterocycles.